The van der Waals surface area contributed by atoms with Crippen molar-refractivity contribution in [3.05, 3.63) is 53.1 Å². The second kappa shape index (κ2) is 4.46. The maximum atomic E-state index is 13.9. The van der Waals surface area contributed by atoms with Crippen LogP contribution in [0.5, 0.6) is 5.75 Å². The van der Waals surface area contributed by atoms with E-state index in [1.165, 1.54) is 37.3 Å². The van der Waals surface area contributed by atoms with Gasteiger partial charge in [0.2, 0.25) is 0 Å². The average molecular weight is 245 g/mol. The van der Waals surface area contributed by atoms with E-state index >= 15 is 0 Å². The zero-order valence-electron chi connectivity index (χ0n) is 9.54. The van der Waals surface area contributed by atoms with E-state index in [0.717, 1.165) is 0 Å². The van der Waals surface area contributed by atoms with E-state index in [1.54, 1.807) is 6.07 Å². The van der Waals surface area contributed by atoms with Gasteiger partial charge in [0.1, 0.15) is 23.5 Å². The third-order valence-corrected chi connectivity index (χ3v) is 2.69. The molecule has 18 heavy (non-hydrogen) atoms. The summed E-state index contributed by atoms with van der Waals surface area (Å²) < 4.78 is 27.6. The molecule has 0 amide bonds. The predicted octanol–water partition coefficient (Wildman–Crippen LogP) is 3.52. The van der Waals surface area contributed by atoms with Crippen LogP contribution in [0.15, 0.2) is 30.3 Å². The number of hydrogen-bond acceptors (Lipinski definition) is 2. The van der Waals surface area contributed by atoms with Crippen LogP contribution in [-0.4, -0.2) is 5.11 Å². The monoisotopic (exact) mass is 245 g/mol. The minimum atomic E-state index is -0.701. The SMILES string of the molecule is Cc1ccc(F)c(-c2ccc(O)c(C#N)c2)c1F. The van der Waals surface area contributed by atoms with Gasteiger partial charge in [-0.3, -0.25) is 0 Å². The van der Waals surface area contributed by atoms with E-state index in [0.29, 0.717) is 5.56 Å². The third-order valence-electron chi connectivity index (χ3n) is 2.69. The molecular formula is C14H9F2NO. The van der Waals surface area contributed by atoms with Gasteiger partial charge in [-0.15, -0.1) is 0 Å². The topological polar surface area (TPSA) is 44.0 Å². The van der Waals surface area contributed by atoms with Gasteiger partial charge in [0.05, 0.1) is 11.1 Å². The Bertz CT molecular complexity index is 660. The first-order valence-corrected chi connectivity index (χ1v) is 5.22. The molecule has 0 aliphatic heterocycles. The number of rotatable bonds is 1. The Morgan fingerprint density at radius 1 is 1.17 bits per heavy atom. The molecule has 0 atom stereocenters. The molecule has 0 saturated heterocycles. The van der Waals surface area contributed by atoms with Gasteiger partial charge in [-0.05, 0) is 36.2 Å². The molecule has 0 spiro atoms. The van der Waals surface area contributed by atoms with Gasteiger partial charge < -0.3 is 5.11 Å². The van der Waals surface area contributed by atoms with Crippen molar-refractivity contribution in [2.45, 2.75) is 6.92 Å². The predicted molar refractivity (Wildman–Crippen MR) is 62.9 cm³/mol. The van der Waals surface area contributed by atoms with Crippen LogP contribution in [-0.2, 0) is 0 Å². The Hall–Kier alpha value is -2.41. The van der Waals surface area contributed by atoms with Gasteiger partial charge in [-0.2, -0.15) is 5.26 Å². The molecule has 2 rings (SSSR count). The molecule has 0 bridgehead atoms. The summed E-state index contributed by atoms with van der Waals surface area (Å²) >= 11 is 0. The molecule has 2 aromatic carbocycles. The lowest BCUT2D eigenvalue weighted by atomic mass is 10.00. The van der Waals surface area contributed by atoms with Crippen molar-refractivity contribution in [3.8, 4) is 22.9 Å². The minimum Gasteiger partial charge on any atom is -0.507 e. The van der Waals surface area contributed by atoms with Crippen LogP contribution in [0.1, 0.15) is 11.1 Å². The first-order valence-electron chi connectivity index (χ1n) is 5.22. The van der Waals surface area contributed by atoms with Gasteiger partial charge in [0, 0.05) is 0 Å². The fraction of sp³-hybridized carbons (Fsp3) is 0.0714. The number of phenols is 1. The zero-order valence-corrected chi connectivity index (χ0v) is 9.54. The molecule has 0 aliphatic carbocycles. The molecule has 0 heterocycles. The summed E-state index contributed by atoms with van der Waals surface area (Å²) in [4.78, 5) is 0. The van der Waals surface area contributed by atoms with Gasteiger partial charge in [0.25, 0.3) is 0 Å². The second-order valence-electron chi connectivity index (χ2n) is 3.90. The molecular weight excluding hydrogens is 236 g/mol. The Kier molecular flexibility index (Phi) is 2.99. The van der Waals surface area contributed by atoms with E-state index in [-0.39, 0.29) is 22.4 Å². The van der Waals surface area contributed by atoms with Crippen LogP contribution in [0, 0.1) is 29.9 Å². The number of phenolic OH excluding ortho intramolecular Hbond substituents is 1. The van der Waals surface area contributed by atoms with E-state index in [2.05, 4.69) is 0 Å². The number of nitriles is 1. The van der Waals surface area contributed by atoms with E-state index in [1.807, 2.05) is 0 Å². The molecule has 4 heteroatoms. The van der Waals surface area contributed by atoms with Crippen LogP contribution in [0.4, 0.5) is 8.78 Å². The normalized spacial score (nSPS) is 10.1. The Morgan fingerprint density at radius 2 is 1.89 bits per heavy atom. The van der Waals surface area contributed by atoms with E-state index in [4.69, 9.17) is 5.26 Å². The van der Waals surface area contributed by atoms with Crippen molar-refractivity contribution in [1.82, 2.24) is 0 Å². The van der Waals surface area contributed by atoms with Gasteiger partial charge in [-0.1, -0.05) is 12.1 Å². The number of aromatic hydroxyl groups is 1. The number of halogens is 2. The lowest BCUT2D eigenvalue weighted by Crippen LogP contribution is -1.93. The largest absolute Gasteiger partial charge is 0.507 e. The smallest absolute Gasteiger partial charge is 0.136 e. The highest BCUT2D eigenvalue weighted by Crippen LogP contribution is 2.30. The maximum Gasteiger partial charge on any atom is 0.136 e. The van der Waals surface area contributed by atoms with Crippen molar-refractivity contribution in [3.63, 3.8) is 0 Å². The minimum absolute atomic E-state index is 0.0205. The van der Waals surface area contributed by atoms with Crippen LogP contribution in [0.25, 0.3) is 11.1 Å². The van der Waals surface area contributed by atoms with Crippen molar-refractivity contribution >= 4 is 0 Å². The number of aryl methyl sites for hydroxylation is 1. The first kappa shape index (κ1) is 12.1. The van der Waals surface area contributed by atoms with Crippen molar-refractivity contribution in [2.24, 2.45) is 0 Å². The van der Waals surface area contributed by atoms with E-state index in [9.17, 15) is 13.9 Å². The molecule has 1 N–H and O–H groups in total. The zero-order chi connectivity index (χ0) is 13.3. The number of hydrogen-bond donors (Lipinski definition) is 1. The van der Waals surface area contributed by atoms with Crippen LogP contribution in [0.3, 0.4) is 0 Å². The van der Waals surface area contributed by atoms with E-state index < -0.39 is 11.6 Å². The molecule has 0 radical (unpaired) electrons. The fourth-order valence-corrected chi connectivity index (χ4v) is 1.70. The lowest BCUT2D eigenvalue weighted by molar-refractivity contribution is 0.473. The van der Waals surface area contributed by atoms with Crippen LogP contribution >= 0.6 is 0 Å². The summed E-state index contributed by atoms with van der Waals surface area (Å²) in [5.74, 6) is -1.58. The average Bonchev–Trinajstić information content (AvgIpc) is 2.36. The second-order valence-corrected chi connectivity index (χ2v) is 3.90. The Balaban J connectivity index is 2.70. The van der Waals surface area contributed by atoms with Gasteiger partial charge >= 0.3 is 0 Å². The summed E-state index contributed by atoms with van der Waals surface area (Å²) in [7, 11) is 0. The first-order chi connectivity index (χ1) is 8.54. The highest BCUT2D eigenvalue weighted by molar-refractivity contribution is 5.69. The highest BCUT2D eigenvalue weighted by atomic mass is 19.1. The summed E-state index contributed by atoms with van der Waals surface area (Å²) in [5, 5.41) is 18.2. The summed E-state index contributed by atoms with van der Waals surface area (Å²) in [6.45, 7) is 1.53. The number of benzene rings is 2. The molecule has 0 aliphatic rings. The fourth-order valence-electron chi connectivity index (χ4n) is 1.70. The molecule has 90 valence electrons. The van der Waals surface area contributed by atoms with Crippen LogP contribution in [0.2, 0.25) is 0 Å². The van der Waals surface area contributed by atoms with Crippen LogP contribution < -0.4 is 0 Å². The molecule has 0 saturated carbocycles. The Morgan fingerprint density at radius 3 is 2.56 bits per heavy atom. The maximum absolute atomic E-state index is 13.9. The van der Waals surface area contributed by atoms with Crippen molar-refractivity contribution in [2.75, 3.05) is 0 Å². The van der Waals surface area contributed by atoms with Crippen molar-refractivity contribution in [1.29, 1.82) is 5.26 Å². The van der Waals surface area contributed by atoms with Crippen molar-refractivity contribution < 1.29 is 13.9 Å². The summed E-state index contributed by atoms with van der Waals surface area (Å²) in [5.41, 5.74) is 0.334. The molecule has 2 aromatic rings. The standard InChI is InChI=1S/C14H9F2NO/c1-8-2-4-11(15)13(14(8)16)9-3-5-12(18)10(6-9)7-17/h2-6,18H,1H3. The Labute approximate surface area is 103 Å². The lowest BCUT2D eigenvalue weighted by Gasteiger charge is -2.08. The third kappa shape index (κ3) is 1.91. The quantitative estimate of drug-likeness (QED) is 0.835. The highest BCUT2D eigenvalue weighted by Gasteiger charge is 2.14. The van der Waals surface area contributed by atoms with Gasteiger partial charge in [0.15, 0.2) is 0 Å². The molecule has 0 unspecified atom stereocenters. The molecule has 0 fully saturated rings. The molecule has 2 nitrogen and oxygen atoms in total. The number of nitrogens with zero attached hydrogens (tertiary/aromatic N) is 1. The van der Waals surface area contributed by atoms with Gasteiger partial charge in [-0.25, -0.2) is 8.78 Å². The summed E-state index contributed by atoms with van der Waals surface area (Å²) in [6.07, 6.45) is 0. The molecule has 0 aromatic heterocycles. The summed E-state index contributed by atoms with van der Waals surface area (Å²) in [6, 6.07) is 8.16.